The quantitative estimate of drug-likeness (QED) is 0.782. The van der Waals surface area contributed by atoms with Crippen LogP contribution in [-0.4, -0.2) is 6.61 Å². The van der Waals surface area contributed by atoms with E-state index in [1.54, 1.807) is 0 Å². The van der Waals surface area contributed by atoms with Gasteiger partial charge in [-0.25, -0.2) is 0 Å². The van der Waals surface area contributed by atoms with Gasteiger partial charge in [0, 0.05) is 22.8 Å². The molecule has 0 amide bonds. The van der Waals surface area contributed by atoms with Crippen LogP contribution >= 0.6 is 11.6 Å². The summed E-state index contributed by atoms with van der Waals surface area (Å²) in [6, 6.07) is 14.0. The molecule has 0 saturated heterocycles. The highest BCUT2D eigenvalue weighted by Gasteiger charge is 2.05. The van der Waals surface area contributed by atoms with E-state index < -0.39 is 0 Å². The molecule has 0 fully saturated rings. The van der Waals surface area contributed by atoms with E-state index in [4.69, 9.17) is 16.3 Å². The number of ether oxygens (including phenoxy) is 1. The zero-order valence-electron chi connectivity index (χ0n) is 12.8. The second kappa shape index (κ2) is 7.37. The summed E-state index contributed by atoms with van der Waals surface area (Å²) >= 11 is 6.05. The predicted octanol–water partition coefficient (Wildman–Crippen LogP) is 5.30. The van der Waals surface area contributed by atoms with E-state index in [2.05, 4.69) is 32.2 Å². The van der Waals surface area contributed by atoms with Crippen molar-refractivity contribution in [1.82, 2.24) is 0 Å². The van der Waals surface area contributed by atoms with E-state index in [1.165, 1.54) is 5.56 Å². The highest BCUT2D eigenvalue weighted by Crippen LogP contribution is 2.23. The highest BCUT2D eigenvalue weighted by molar-refractivity contribution is 6.30. The van der Waals surface area contributed by atoms with Crippen molar-refractivity contribution in [3.8, 4) is 5.75 Å². The molecule has 2 aromatic carbocycles. The Hall–Kier alpha value is -1.67. The highest BCUT2D eigenvalue weighted by atomic mass is 35.5. The number of benzene rings is 2. The average molecular weight is 304 g/mol. The monoisotopic (exact) mass is 303 g/mol. The van der Waals surface area contributed by atoms with Crippen LogP contribution in [0.15, 0.2) is 42.5 Å². The van der Waals surface area contributed by atoms with Crippen molar-refractivity contribution < 1.29 is 4.74 Å². The van der Waals surface area contributed by atoms with E-state index in [-0.39, 0.29) is 0 Å². The average Bonchev–Trinajstić information content (AvgIpc) is 2.47. The molecule has 0 aliphatic heterocycles. The normalized spacial score (nSPS) is 10.7. The van der Waals surface area contributed by atoms with Crippen LogP contribution in [0.2, 0.25) is 5.02 Å². The Morgan fingerprint density at radius 3 is 2.67 bits per heavy atom. The Bertz CT molecular complexity index is 596. The van der Waals surface area contributed by atoms with Crippen LogP contribution in [0, 0.1) is 12.8 Å². The molecule has 21 heavy (non-hydrogen) atoms. The van der Waals surface area contributed by atoms with Gasteiger partial charge in [-0.3, -0.25) is 0 Å². The van der Waals surface area contributed by atoms with Gasteiger partial charge in [0.15, 0.2) is 0 Å². The summed E-state index contributed by atoms with van der Waals surface area (Å²) in [6.07, 6.45) is 0. The third-order valence-corrected chi connectivity index (χ3v) is 3.45. The number of aryl methyl sites for hydroxylation is 1. The van der Waals surface area contributed by atoms with Crippen molar-refractivity contribution in [3.63, 3.8) is 0 Å². The van der Waals surface area contributed by atoms with Crippen molar-refractivity contribution >= 4 is 17.3 Å². The Labute approximate surface area is 132 Å². The number of hydrogen-bond donors (Lipinski definition) is 1. The molecule has 3 heteroatoms. The predicted molar refractivity (Wildman–Crippen MR) is 90.3 cm³/mol. The Kier molecular flexibility index (Phi) is 5.51. The molecule has 0 radical (unpaired) electrons. The van der Waals surface area contributed by atoms with Gasteiger partial charge in [-0.1, -0.05) is 49.7 Å². The maximum Gasteiger partial charge on any atom is 0.124 e. The summed E-state index contributed by atoms with van der Waals surface area (Å²) in [5.41, 5.74) is 3.39. The summed E-state index contributed by atoms with van der Waals surface area (Å²) in [5, 5.41) is 4.18. The molecule has 0 aliphatic rings. The van der Waals surface area contributed by atoms with E-state index >= 15 is 0 Å². The molecule has 1 N–H and O–H groups in total. The zero-order valence-corrected chi connectivity index (χ0v) is 13.6. The summed E-state index contributed by atoms with van der Waals surface area (Å²) in [6.45, 7) is 7.81. The van der Waals surface area contributed by atoms with Crippen LogP contribution in [0.1, 0.15) is 25.0 Å². The molecule has 0 bridgehead atoms. The van der Waals surface area contributed by atoms with Crippen molar-refractivity contribution in [2.75, 3.05) is 11.9 Å². The maximum atomic E-state index is 6.05. The molecule has 2 nitrogen and oxygen atoms in total. The van der Waals surface area contributed by atoms with Crippen molar-refractivity contribution in [1.29, 1.82) is 0 Å². The topological polar surface area (TPSA) is 21.3 Å². The molecule has 2 aromatic rings. The van der Waals surface area contributed by atoms with Crippen molar-refractivity contribution in [2.45, 2.75) is 27.3 Å². The Balaban J connectivity index is 2.07. The van der Waals surface area contributed by atoms with Gasteiger partial charge in [0.1, 0.15) is 5.75 Å². The van der Waals surface area contributed by atoms with Gasteiger partial charge >= 0.3 is 0 Å². The van der Waals surface area contributed by atoms with Crippen LogP contribution in [0.5, 0.6) is 5.75 Å². The molecular weight excluding hydrogens is 282 g/mol. The first kappa shape index (κ1) is 15.7. The van der Waals surface area contributed by atoms with E-state index in [0.717, 1.165) is 35.2 Å². The molecule has 2 rings (SSSR count). The first-order valence-electron chi connectivity index (χ1n) is 7.27. The lowest BCUT2D eigenvalue weighted by molar-refractivity contribution is 0.269. The first-order valence-corrected chi connectivity index (χ1v) is 7.65. The first-order chi connectivity index (χ1) is 10.1. The van der Waals surface area contributed by atoms with Gasteiger partial charge < -0.3 is 10.1 Å². The fourth-order valence-electron chi connectivity index (χ4n) is 2.02. The summed E-state index contributed by atoms with van der Waals surface area (Å²) in [5.74, 6) is 1.46. The molecule has 0 saturated carbocycles. The molecule has 0 spiro atoms. The second-order valence-corrected chi connectivity index (χ2v) is 6.06. The van der Waals surface area contributed by atoms with Gasteiger partial charge in [0.05, 0.1) is 6.61 Å². The number of para-hydroxylation sites is 1. The fourth-order valence-corrected chi connectivity index (χ4v) is 2.19. The smallest absolute Gasteiger partial charge is 0.124 e. The summed E-state index contributed by atoms with van der Waals surface area (Å²) in [7, 11) is 0. The minimum atomic E-state index is 0.515. The van der Waals surface area contributed by atoms with Crippen LogP contribution in [0.3, 0.4) is 0 Å². The van der Waals surface area contributed by atoms with Crippen LogP contribution in [0.25, 0.3) is 0 Å². The number of hydrogen-bond acceptors (Lipinski definition) is 2. The van der Waals surface area contributed by atoms with Gasteiger partial charge in [-0.05, 0) is 36.6 Å². The van der Waals surface area contributed by atoms with Crippen LogP contribution in [-0.2, 0) is 6.54 Å². The van der Waals surface area contributed by atoms with Crippen LogP contribution < -0.4 is 10.1 Å². The SMILES string of the molecule is Cc1ccc(Cl)cc1NCc1ccccc1OCC(C)C. The van der Waals surface area contributed by atoms with E-state index in [1.807, 2.05) is 36.4 Å². The minimum Gasteiger partial charge on any atom is -0.493 e. The third-order valence-electron chi connectivity index (χ3n) is 3.21. The van der Waals surface area contributed by atoms with E-state index in [0.29, 0.717) is 5.92 Å². The van der Waals surface area contributed by atoms with Gasteiger partial charge in [-0.15, -0.1) is 0 Å². The van der Waals surface area contributed by atoms with Gasteiger partial charge in [-0.2, -0.15) is 0 Å². The number of nitrogens with one attached hydrogen (secondary N) is 1. The van der Waals surface area contributed by atoms with Crippen molar-refractivity contribution in [2.24, 2.45) is 5.92 Å². The number of anilines is 1. The molecule has 0 unspecified atom stereocenters. The van der Waals surface area contributed by atoms with E-state index in [9.17, 15) is 0 Å². The van der Waals surface area contributed by atoms with Crippen LogP contribution in [0.4, 0.5) is 5.69 Å². The fraction of sp³-hybridized carbons (Fsp3) is 0.333. The van der Waals surface area contributed by atoms with Gasteiger partial charge in [0.2, 0.25) is 0 Å². The molecule has 0 atom stereocenters. The molecule has 112 valence electrons. The molecular formula is C18H22ClNO. The van der Waals surface area contributed by atoms with Crippen molar-refractivity contribution in [3.05, 3.63) is 58.6 Å². The maximum absolute atomic E-state index is 6.05. The lowest BCUT2D eigenvalue weighted by Crippen LogP contribution is -2.08. The molecule has 0 heterocycles. The Morgan fingerprint density at radius 1 is 1.14 bits per heavy atom. The largest absolute Gasteiger partial charge is 0.493 e. The number of rotatable bonds is 6. The lowest BCUT2D eigenvalue weighted by atomic mass is 10.1. The number of halogens is 1. The van der Waals surface area contributed by atoms with Gasteiger partial charge in [0.25, 0.3) is 0 Å². The third kappa shape index (κ3) is 4.68. The Morgan fingerprint density at radius 2 is 1.90 bits per heavy atom. The standard InChI is InChI=1S/C18H22ClNO/c1-13(2)12-21-18-7-5-4-6-15(18)11-20-17-10-16(19)9-8-14(17)3/h4-10,13,20H,11-12H2,1-3H3. The molecule has 0 aliphatic carbocycles. The minimum absolute atomic E-state index is 0.515. The molecule has 0 aromatic heterocycles. The zero-order chi connectivity index (χ0) is 15.2. The second-order valence-electron chi connectivity index (χ2n) is 5.63. The summed E-state index contributed by atoms with van der Waals surface area (Å²) < 4.78 is 5.87. The summed E-state index contributed by atoms with van der Waals surface area (Å²) in [4.78, 5) is 0. The lowest BCUT2D eigenvalue weighted by Gasteiger charge is -2.15.